The molecule has 1 heterocycles. The van der Waals surface area contributed by atoms with E-state index in [0.29, 0.717) is 0 Å². The molecule has 0 amide bonds. The van der Waals surface area contributed by atoms with Crippen LogP contribution in [-0.2, 0) is 0 Å². The van der Waals surface area contributed by atoms with Crippen LogP contribution in [0.1, 0.15) is 17.3 Å². The van der Waals surface area contributed by atoms with Crippen LogP contribution in [0.25, 0.3) is 0 Å². The van der Waals surface area contributed by atoms with Crippen molar-refractivity contribution in [1.82, 2.24) is 10.2 Å². The van der Waals surface area contributed by atoms with Crippen LogP contribution in [0.2, 0.25) is 0 Å². The summed E-state index contributed by atoms with van der Waals surface area (Å²) in [6.07, 6.45) is 0. The van der Waals surface area contributed by atoms with Gasteiger partial charge >= 0.3 is 0 Å². The number of hydrogen-bond acceptors (Lipinski definition) is 3. The van der Waals surface area contributed by atoms with Gasteiger partial charge in [-0.25, -0.2) is 0 Å². The third-order valence-electron chi connectivity index (χ3n) is 2.52. The smallest absolute Gasteiger partial charge is 0.159 e. The number of carbonyl (C=O) groups excluding carboxylic acids is 1. The van der Waals surface area contributed by atoms with E-state index in [1.54, 1.807) is 6.92 Å². The van der Waals surface area contributed by atoms with Crippen molar-refractivity contribution in [2.24, 2.45) is 0 Å². The Balaban J connectivity index is 0.000000165. The lowest BCUT2D eigenvalue weighted by atomic mass is 10.2. The molecule has 2 rings (SSSR count). The predicted molar refractivity (Wildman–Crippen MR) is 66.8 cm³/mol. The van der Waals surface area contributed by atoms with Crippen LogP contribution < -0.4 is 5.32 Å². The highest BCUT2D eigenvalue weighted by Gasteiger charge is 2.01. The van der Waals surface area contributed by atoms with Crippen molar-refractivity contribution < 1.29 is 4.79 Å². The first-order valence-corrected chi connectivity index (χ1v) is 5.65. The Morgan fingerprint density at radius 1 is 1.19 bits per heavy atom. The number of piperazine rings is 1. The van der Waals surface area contributed by atoms with E-state index in [0.717, 1.165) is 18.7 Å². The summed E-state index contributed by atoms with van der Waals surface area (Å²) >= 11 is 0. The van der Waals surface area contributed by atoms with Gasteiger partial charge in [0.15, 0.2) is 5.78 Å². The van der Waals surface area contributed by atoms with Crippen molar-refractivity contribution in [3.63, 3.8) is 0 Å². The van der Waals surface area contributed by atoms with Gasteiger partial charge in [0.1, 0.15) is 0 Å². The fourth-order valence-electron chi connectivity index (χ4n) is 1.45. The molecule has 1 aliphatic rings. The molecule has 1 aromatic carbocycles. The number of nitrogens with zero attached hydrogens (tertiary/aromatic N) is 1. The first kappa shape index (κ1) is 12.9. The summed E-state index contributed by atoms with van der Waals surface area (Å²) in [5.41, 5.74) is 0.775. The summed E-state index contributed by atoms with van der Waals surface area (Å²) in [5, 5.41) is 3.27. The SMILES string of the molecule is CC(=O)c1ccccc1.CN1CCNCC1. The Bertz CT molecular complexity index is 305. The predicted octanol–water partition coefficient (Wildman–Crippen LogP) is 1.41. The number of Topliss-reactive ketones (excluding diaryl/α,β-unsaturated/α-hetero) is 1. The Hall–Kier alpha value is -1.19. The molecule has 0 aromatic heterocycles. The maximum atomic E-state index is 10.6. The Kier molecular flexibility index (Phi) is 5.75. The van der Waals surface area contributed by atoms with Gasteiger partial charge in [-0.05, 0) is 14.0 Å². The second-order valence-electron chi connectivity index (χ2n) is 3.98. The molecular weight excluding hydrogens is 200 g/mol. The van der Waals surface area contributed by atoms with E-state index >= 15 is 0 Å². The van der Waals surface area contributed by atoms with Crippen LogP contribution in [-0.4, -0.2) is 43.9 Å². The zero-order valence-corrected chi connectivity index (χ0v) is 10.1. The first-order chi connectivity index (χ1) is 7.70. The summed E-state index contributed by atoms with van der Waals surface area (Å²) in [7, 11) is 2.15. The van der Waals surface area contributed by atoms with E-state index in [1.807, 2.05) is 30.3 Å². The minimum Gasteiger partial charge on any atom is -0.314 e. The van der Waals surface area contributed by atoms with Crippen molar-refractivity contribution in [3.05, 3.63) is 35.9 Å². The minimum atomic E-state index is 0.121. The third-order valence-corrected chi connectivity index (χ3v) is 2.52. The molecule has 1 aliphatic heterocycles. The fourth-order valence-corrected chi connectivity index (χ4v) is 1.45. The zero-order chi connectivity index (χ0) is 11.8. The molecule has 0 spiro atoms. The van der Waals surface area contributed by atoms with Crippen molar-refractivity contribution >= 4 is 5.78 Å². The average molecular weight is 220 g/mol. The summed E-state index contributed by atoms with van der Waals surface area (Å²) < 4.78 is 0. The van der Waals surface area contributed by atoms with Crippen LogP contribution in [0.4, 0.5) is 0 Å². The van der Waals surface area contributed by atoms with Gasteiger partial charge in [-0.1, -0.05) is 30.3 Å². The molecule has 1 fully saturated rings. The standard InChI is InChI=1S/C8H8O.C5H12N2/c1-7(9)8-5-3-2-4-6-8;1-7-4-2-6-3-5-7/h2-6H,1H3;6H,2-5H2,1H3. The molecule has 1 N–H and O–H groups in total. The molecule has 0 saturated carbocycles. The molecule has 0 unspecified atom stereocenters. The van der Waals surface area contributed by atoms with E-state index in [1.165, 1.54) is 13.1 Å². The number of benzene rings is 1. The number of carbonyl (C=O) groups is 1. The number of hydrogen-bond donors (Lipinski definition) is 1. The summed E-state index contributed by atoms with van der Waals surface area (Å²) in [6, 6.07) is 9.23. The Labute approximate surface area is 97.5 Å². The lowest BCUT2D eigenvalue weighted by Crippen LogP contribution is -2.40. The molecule has 1 saturated heterocycles. The van der Waals surface area contributed by atoms with Gasteiger partial charge in [-0.15, -0.1) is 0 Å². The molecular formula is C13H20N2O. The Morgan fingerprint density at radius 3 is 2.06 bits per heavy atom. The van der Waals surface area contributed by atoms with Gasteiger partial charge in [0.25, 0.3) is 0 Å². The normalized spacial score (nSPS) is 16.1. The minimum absolute atomic E-state index is 0.121. The fraction of sp³-hybridized carbons (Fsp3) is 0.462. The van der Waals surface area contributed by atoms with Crippen molar-refractivity contribution in [2.45, 2.75) is 6.92 Å². The molecule has 88 valence electrons. The topological polar surface area (TPSA) is 32.3 Å². The third kappa shape index (κ3) is 5.05. The number of likely N-dealkylation sites (N-methyl/N-ethyl adjacent to an activating group) is 1. The molecule has 16 heavy (non-hydrogen) atoms. The number of nitrogens with one attached hydrogen (secondary N) is 1. The molecule has 0 radical (unpaired) electrons. The van der Waals surface area contributed by atoms with Crippen LogP contribution in [0, 0.1) is 0 Å². The highest BCUT2D eigenvalue weighted by molar-refractivity contribution is 5.93. The highest BCUT2D eigenvalue weighted by atomic mass is 16.1. The maximum absolute atomic E-state index is 10.6. The summed E-state index contributed by atoms with van der Waals surface area (Å²) in [5.74, 6) is 0.121. The zero-order valence-electron chi connectivity index (χ0n) is 10.1. The summed E-state index contributed by atoms with van der Waals surface area (Å²) in [4.78, 5) is 13.0. The van der Waals surface area contributed by atoms with E-state index in [-0.39, 0.29) is 5.78 Å². The Morgan fingerprint density at radius 2 is 1.75 bits per heavy atom. The second kappa shape index (κ2) is 7.14. The lowest BCUT2D eigenvalue weighted by Gasteiger charge is -2.21. The molecule has 0 atom stereocenters. The van der Waals surface area contributed by atoms with E-state index < -0.39 is 0 Å². The van der Waals surface area contributed by atoms with Gasteiger partial charge in [-0.2, -0.15) is 0 Å². The highest BCUT2D eigenvalue weighted by Crippen LogP contribution is 1.97. The van der Waals surface area contributed by atoms with Crippen LogP contribution >= 0.6 is 0 Å². The monoisotopic (exact) mass is 220 g/mol. The van der Waals surface area contributed by atoms with Crippen molar-refractivity contribution in [3.8, 4) is 0 Å². The molecule has 3 nitrogen and oxygen atoms in total. The van der Waals surface area contributed by atoms with Gasteiger partial charge in [0, 0.05) is 31.7 Å². The lowest BCUT2D eigenvalue weighted by molar-refractivity contribution is 0.101. The van der Waals surface area contributed by atoms with Crippen molar-refractivity contribution in [2.75, 3.05) is 33.2 Å². The van der Waals surface area contributed by atoms with Gasteiger partial charge in [-0.3, -0.25) is 4.79 Å². The van der Waals surface area contributed by atoms with Crippen molar-refractivity contribution in [1.29, 1.82) is 0 Å². The van der Waals surface area contributed by atoms with Gasteiger partial charge in [0.2, 0.25) is 0 Å². The second-order valence-corrected chi connectivity index (χ2v) is 3.98. The van der Waals surface area contributed by atoms with E-state index in [4.69, 9.17) is 0 Å². The van der Waals surface area contributed by atoms with Crippen LogP contribution in [0.5, 0.6) is 0 Å². The number of ketones is 1. The largest absolute Gasteiger partial charge is 0.314 e. The molecule has 0 bridgehead atoms. The van der Waals surface area contributed by atoms with E-state index in [2.05, 4.69) is 17.3 Å². The van der Waals surface area contributed by atoms with E-state index in [9.17, 15) is 4.79 Å². The average Bonchev–Trinajstić information content (AvgIpc) is 2.32. The molecule has 0 aliphatic carbocycles. The first-order valence-electron chi connectivity index (χ1n) is 5.65. The summed E-state index contributed by atoms with van der Waals surface area (Å²) in [6.45, 7) is 6.31. The maximum Gasteiger partial charge on any atom is 0.159 e. The number of rotatable bonds is 1. The van der Waals surface area contributed by atoms with Crippen LogP contribution in [0.3, 0.4) is 0 Å². The van der Waals surface area contributed by atoms with Crippen LogP contribution in [0.15, 0.2) is 30.3 Å². The quantitative estimate of drug-likeness (QED) is 0.726. The van der Waals surface area contributed by atoms with Gasteiger partial charge in [0.05, 0.1) is 0 Å². The van der Waals surface area contributed by atoms with Gasteiger partial charge < -0.3 is 10.2 Å². The molecule has 3 heteroatoms. The molecule has 1 aromatic rings.